The van der Waals surface area contributed by atoms with Gasteiger partial charge in [-0.15, -0.1) is 0 Å². The quantitative estimate of drug-likeness (QED) is 0.865. The third-order valence-corrected chi connectivity index (χ3v) is 4.88. The summed E-state index contributed by atoms with van der Waals surface area (Å²) < 4.78 is 7.57. The summed E-state index contributed by atoms with van der Waals surface area (Å²) in [7, 11) is -0.0145. The van der Waals surface area contributed by atoms with Crippen LogP contribution in [0.3, 0.4) is 0 Å². The predicted octanol–water partition coefficient (Wildman–Crippen LogP) is 2.24. The van der Waals surface area contributed by atoms with E-state index in [0.717, 1.165) is 19.5 Å². The van der Waals surface area contributed by atoms with Crippen LogP contribution >= 0.6 is 0 Å². The second-order valence-electron chi connectivity index (χ2n) is 6.01. The smallest absolute Gasteiger partial charge is 0.407 e. The van der Waals surface area contributed by atoms with E-state index in [0.29, 0.717) is 12.5 Å². The van der Waals surface area contributed by atoms with E-state index in [4.69, 9.17) is 15.9 Å². The highest BCUT2D eigenvalue weighted by molar-refractivity contribution is 8.27. The summed E-state index contributed by atoms with van der Waals surface area (Å²) in [6.07, 6.45) is 5.18. The zero-order valence-corrected chi connectivity index (χ0v) is 14.0. The van der Waals surface area contributed by atoms with E-state index in [1.54, 1.807) is 0 Å². The van der Waals surface area contributed by atoms with Gasteiger partial charge in [-0.05, 0) is 57.1 Å². The third-order valence-electron chi connectivity index (χ3n) is 3.16. The SMILES string of the molecule is CS(=S)N1CCC(CCNC(=O)OC(C)(C)C)CC1. The van der Waals surface area contributed by atoms with E-state index < -0.39 is 5.60 Å². The number of carbonyl (C=O) groups excluding carboxylic acids is 1. The molecule has 0 saturated carbocycles. The van der Waals surface area contributed by atoms with Gasteiger partial charge in [0, 0.05) is 25.9 Å². The van der Waals surface area contributed by atoms with Crippen molar-refractivity contribution in [2.75, 3.05) is 25.9 Å². The standard InChI is InChI=1S/C13H26N2O2S2/c1-13(2,3)17-12(16)14-8-5-11-6-9-15(10-7-11)19(4)18/h11H,5-10H2,1-4H3,(H,14,16). The molecule has 1 unspecified atom stereocenters. The number of hydrogen-bond acceptors (Lipinski definition) is 3. The molecule has 1 aliphatic rings. The Morgan fingerprint density at radius 3 is 2.47 bits per heavy atom. The molecule has 0 radical (unpaired) electrons. The molecule has 6 heteroatoms. The first-order valence-corrected chi connectivity index (χ1v) is 9.35. The van der Waals surface area contributed by atoms with E-state index in [2.05, 4.69) is 15.9 Å². The summed E-state index contributed by atoms with van der Waals surface area (Å²) in [6.45, 7) is 8.52. The molecule has 1 saturated heterocycles. The van der Waals surface area contributed by atoms with Crippen molar-refractivity contribution in [3.8, 4) is 0 Å². The second kappa shape index (κ2) is 7.55. The molecule has 1 aliphatic heterocycles. The molecule has 1 heterocycles. The molecule has 0 aliphatic carbocycles. The van der Waals surface area contributed by atoms with E-state index in [-0.39, 0.29) is 15.7 Å². The Balaban J connectivity index is 2.14. The van der Waals surface area contributed by atoms with Crippen LogP contribution in [0, 0.1) is 5.92 Å². The lowest BCUT2D eigenvalue weighted by Crippen LogP contribution is -2.36. The molecular formula is C13H26N2O2S2. The van der Waals surface area contributed by atoms with Crippen molar-refractivity contribution in [1.82, 2.24) is 9.62 Å². The van der Waals surface area contributed by atoms with Crippen LogP contribution in [0.15, 0.2) is 0 Å². The van der Waals surface area contributed by atoms with Gasteiger partial charge in [0.15, 0.2) is 0 Å². The summed E-state index contributed by atoms with van der Waals surface area (Å²) >= 11 is 5.29. The van der Waals surface area contributed by atoms with E-state index in [1.807, 2.05) is 20.8 Å². The van der Waals surface area contributed by atoms with Crippen LogP contribution in [0.4, 0.5) is 4.79 Å². The molecule has 19 heavy (non-hydrogen) atoms. The zero-order chi connectivity index (χ0) is 14.5. The van der Waals surface area contributed by atoms with Gasteiger partial charge in [0.05, 0.1) is 0 Å². The molecule has 112 valence electrons. The number of alkyl carbamates (subject to hydrolysis) is 1. The Kier molecular flexibility index (Phi) is 6.69. The highest BCUT2D eigenvalue weighted by Gasteiger charge is 2.20. The van der Waals surface area contributed by atoms with Gasteiger partial charge in [0.2, 0.25) is 0 Å². The first-order chi connectivity index (χ1) is 8.78. The molecule has 4 nitrogen and oxygen atoms in total. The number of amides is 1. The Morgan fingerprint density at radius 1 is 1.42 bits per heavy atom. The Bertz CT molecular complexity index is 321. The maximum Gasteiger partial charge on any atom is 0.407 e. The Morgan fingerprint density at radius 2 is 2.00 bits per heavy atom. The van der Waals surface area contributed by atoms with Gasteiger partial charge >= 0.3 is 6.09 Å². The first-order valence-electron chi connectivity index (χ1n) is 6.83. The topological polar surface area (TPSA) is 41.6 Å². The number of piperidine rings is 1. The maximum absolute atomic E-state index is 11.5. The molecular weight excluding hydrogens is 280 g/mol. The molecule has 0 aromatic rings. The predicted molar refractivity (Wildman–Crippen MR) is 83.8 cm³/mol. The second-order valence-corrected chi connectivity index (χ2v) is 8.82. The fourth-order valence-electron chi connectivity index (χ4n) is 2.15. The highest BCUT2D eigenvalue weighted by atomic mass is 32.8. The van der Waals surface area contributed by atoms with E-state index >= 15 is 0 Å². The van der Waals surface area contributed by atoms with Crippen LogP contribution in [0.25, 0.3) is 0 Å². The highest BCUT2D eigenvalue weighted by Crippen LogP contribution is 2.20. The molecule has 0 bridgehead atoms. The van der Waals surface area contributed by atoms with Crippen molar-refractivity contribution in [2.24, 2.45) is 5.92 Å². The number of nitrogens with one attached hydrogen (secondary N) is 1. The maximum atomic E-state index is 11.5. The normalized spacial score (nSPS) is 20.0. The lowest BCUT2D eigenvalue weighted by atomic mass is 9.95. The summed E-state index contributed by atoms with van der Waals surface area (Å²) in [5, 5.41) is 2.83. The van der Waals surface area contributed by atoms with Crippen molar-refractivity contribution in [3.63, 3.8) is 0 Å². The minimum Gasteiger partial charge on any atom is -0.444 e. The Hall–Kier alpha value is -0.200. The third kappa shape index (κ3) is 7.22. The minimum atomic E-state index is -0.421. The molecule has 1 atom stereocenters. The average molecular weight is 306 g/mol. The van der Waals surface area contributed by atoms with Crippen molar-refractivity contribution < 1.29 is 9.53 Å². The van der Waals surface area contributed by atoms with E-state index in [1.165, 1.54) is 12.8 Å². The van der Waals surface area contributed by atoms with Gasteiger partial charge in [0.25, 0.3) is 0 Å². The minimum absolute atomic E-state index is 0.0145. The molecule has 1 N–H and O–H groups in total. The molecule has 0 spiro atoms. The lowest BCUT2D eigenvalue weighted by Gasteiger charge is -2.31. The van der Waals surface area contributed by atoms with Gasteiger partial charge in [0.1, 0.15) is 5.60 Å². The number of nitrogens with zero attached hydrogens (tertiary/aromatic N) is 1. The van der Waals surface area contributed by atoms with Gasteiger partial charge < -0.3 is 10.1 Å². The van der Waals surface area contributed by atoms with Crippen LogP contribution in [0.1, 0.15) is 40.0 Å². The number of rotatable bonds is 4. The van der Waals surface area contributed by atoms with Gasteiger partial charge in [-0.25, -0.2) is 9.10 Å². The molecule has 0 aromatic heterocycles. The van der Waals surface area contributed by atoms with Crippen LogP contribution in [0.2, 0.25) is 0 Å². The largest absolute Gasteiger partial charge is 0.444 e. The molecule has 1 fully saturated rings. The van der Waals surface area contributed by atoms with E-state index in [9.17, 15) is 4.79 Å². The summed E-state index contributed by atoms with van der Waals surface area (Å²) in [4.78, 5) is 11.5. The number of carbonyl (C=O) groups is 1. The zero-order valence-electron chi connectivity index (χ0n) is 12.4. The van der Waals surface area contributed by atoms with Crippen molar-refractivity contribution in [2.45, 2.75) is 45.6 Å². The van der Waals surface area contributed by atoms with Crippen molar-refractivity contribution in [1.29, 1.82) is 0 Å². The molecule has 1 amide bonds. The van der Waals surface area contributed by atoms with Gasteiger partial charge in [-0.2, -0.15) is 0 Å². The molecule has 1 rings (SSSR count). The summed E-state index contributed by atoms with van der Waals surface area (Å²) in [5.74, 6) is 0.699. The molecule has 0 aromatic carbocycles. The average Bonchev–Trinajstić information content (AvgIpc) is 2.27. The van der Waals surface area contributed by atoms with Crippen LogP contribution in [-0.4, -0.2) is 41.9 Å². The first kappa shape index (κ1) is 16.9. The van der Waals surface area contributed by atoms with Crippen molar-refractivity contribution in [3.05, 3.63) is 0 Å². The van der Waals surface area contributed by atoms with Crippen molar-refractivity contribution >= 4 is 26.9 Å². The number of hydrogen-bond donors (Lipinski definition) is 1. The van der Waals surface area contributed by atoms with Crippen LogP contribution < -0.4 is 5.32 Å². The Labute approximate surface area is 124 Å². The van der Waals surface area contributed by atoms with Crippen LogP contribution in [0.5, 0.6) is 0 Å². The fraction of sp³-hybridized carbons (Fsp3) is 0.923. The summed E-state index contributed by atoms with van der Waals surface area (Å²) in [6, 6.07) is 0. The van der Waals surface area contributed by atoms with Gasteiger partial charge in [-0.3, -0.25) is 0 Å². The number of ether oxygens (including phenoxy) is 1. The monoisotopic (exact) mass is 306 g/mol. The van der Waals surface area contributed by atoms with Gasteiger partial charge in [-0.1, -0.05) is 9.64 Å². The lowest BCUT2D eigenvalue weighted by molar-refractivity contribution is 0.0523. The summed E-state index contributed by atoms with van der Waals surface area (Å²) in [5.41, 5.74) is -0.421. The van der Waals surface area contributed by atoms with Crippen LogP contribution in [-0.2, 0) is 25.6 Å². The fourth-order valence-corrected chi connectivity index (χ4v) is 3.32.